The Balaban J connectivity index is 0.000000138. The molecule has 0 spiro atoms. The summed E-state index contributed by atoms with van der Waals surface area (Å²) in [5.74, 6) is 0.864. The second-order valence-corrected chi connectivity index (χ2v) is 13.5. The Bertz CT molecular complexity index is 2660. The van der Waals surface area contributed by atoms with E-state index in [2.05, 4.69) is 41.9 Å². The average molecular weight is 810 g/mol. The molecule has 4 aromatic heterocycles. The predicted molar refractivity (Wildman–Crippen MR) is 220 cm³/mol. The molecule has 1 aliphatic rings. The number of aryl methyl sites for hydroxylation is 2. The minimum atomic E-state index is -0.248. The van der Waals surface area contributed by atoms with Crippen LogP contribution in [-0.2, 0) is 16.6 Å². The fraction of sp³-hybridized carbons (Fsp3) is 0.136. The van der Waals surface area contributed by atoms with Gasteiger partial charge in [-0.25, -0.2) is 14.8 Å². The Labute approximate surface area is 331 Å². The van der Waals surface area contributed by atoms with Crippen molar-refractivity contribution in [3.8, 4) is 22.9 Å². The maximum absolute atomic E-state index is 12.7. The van der Waals surface area contributed by atoms with Crippen molar-refractivity contribution in [1.29, 1.82) is 0 Å². The normalized spacial score (nSPS) is 11.8. The predicted octanol–water partition coefficient (Wildman–Crippen LogP) is 9.90. The lowest BCUT2D eigenvalue weighted by Crippen LogP contribution is -2.22. The van der Waals surface area contributed by atoms with Gasteiger partial charge in [0.15, 0.2) is 11.2 Å². The zero-order valence-electron chi connectivity index (χ0n) is 30.9. The van der Waals surface area contributed by atoms with Crippen LogP contribution in [0.2, 0.25) is 0 Å². The van der Waals surface area contributed by atoms with Crippen molar-refractivity contribution in [2.24, 2.45) is 0 Å². The van der Waals surface area contributed by atoms with Gasteiger partial charge in [-0.2, -0.15) is 0 Å². The van der Waals surface area contributed by atoms with Crippen molar-refractivity contribution < 1.29 is 23.2 Å². The molecule has 9 rings (SSSR count). The lowest BCUT2D eigenvalue weighted by Gasteiger charge is -2.15. The molecule has 12 heteroatoms. The SMILES string of the molecule is CCOC(=O)c1ccc(C)cc1CBr.Cc1ccc2c(c1)CN(c1ccc3oc(-c4cccnc4)nc3c1)C2=O.Nc1ccc2oc(-c3cccnc3)nc2c1. The first-order chi connectivity index (χ1) is 27.2. The topological polar surface area (TPSA) is 150 Å². The molecule has 56 heavy (non-hydrogen) atoms. The van der Waals surface area contributed by atoms with E-state index >= 15 is 0 Å². The standard InChI is InChI=1S/C21H15N3O2.C12H9N3O.C11H13BrO2/c1-13-4-6-17-15(9-13)12-24(21(17)25)16-5-7-19-18(10-16)23-20(26-19)14-3-2-8-22-11-14;13-9-3-4-11-10(6-9)15-12(16-11)8-2-1-5-14-7-8;1-3-14-11(13)10-5-4-8(2)6-9(10)7-12/h2-11H,12H2,1H3;1-7H,13H2;4-6H,3,7H2,1-2H3. The van der Waals surface area contributed by atoms with E-state index in [9.17, 15) is 9.59 Å². The number of ether oxygens (including phenoxy) is 1. The Hall–Kier alpha value is -6.66. The average Bonchev–Trinajstić information content (AvgIpc) is 3.93. The molecular formula is C44H37BrN6O5. The zero-order valence-corrected chi connectivity index (χ0v) is 32.5. The van der Waals surface area contributed by atoms with E-state index in [0.717, 1.165) is 61.2 Å². The fourth-order valence-electron chi connectivity index (χ4n) is 6.15. The number of halogens is 1. The summed E-state index contributed by atoms with van der Waals surface area (Å²) in [6, 6.07) is 30.2. The van der Waals surface area contributed by atoms with Crippen molar-refractivity contribution >= 4 is 61.4 Å². The Kier molecular flexibility index (Phi) is 11.3. The monoisotopic (exact) mass is 808 g/mol. The van der Waals surface area contributed by atoms with E-state index < -0.39 is 0 Å². The quantitative estimate of drug-likeness (QED) is 0.0977. The number of anilines is 2. The number of fused-ring (bicyclic) bond motifs is 3. The first-order valence-electron chi connectivity index (χ1n) is 17.8. The number of oxazole rings is 2. The van der Waals surface area contributed by atoms with Gasteiger partial charge in [0, 0.05) is 47.1 Å². The van der Waals surface area contributed by atoms with Gasteiger partial charge >= 0.3 is 5.97 Å². The van der Waals surface area contributed by atoms with Gasteiger partial charge in [-0.05, 0) is 105 Å². The number of nitrogen functional groups attached to an aromatic ring is 1. The maximum atomic E-state index is 12.7. The van der Waals surface area contributed by atoms with Crippen LogP contribution in [0.15, 0.2) is 131 Å². The molecule has 280 valence electrons. The summed E-state index contributed by atoms with van der Waals surface area (Å²) in [4.78, 5) is 43.1. The van der Waals surface area contributed by atoms with Gasteiger partial charge in [0.1, 0.15) is 11.0 Å². The number of carbonyl (C=O) groups excluding carboxylic acids is 2. The van der Waals surface area contributed by atoms with Crippen molar-refractivity contribution in [2.45, 2.75) is 32.6 Å². The third kappa shape index (κ3) is 8.35. The molecule has 0 saturated heterocycles. The summed E-state index contributed by atoms with van der Waals surface area (Å²) in [5, 5.41) is 0.669. The number of benzene rings is 4. The van der Waals surface area contributed by atoms with E-state index in [0.29, 0.717) is 47.1 Å². The number of pyridine rings is 2. The van der Waals surface area contributed by atoms with Crippen molar-refractivity contribution in [1.82, 2.24) is 19.9 Å². The highest BCUT2D eigenvalue weighted by atomic mass is 79.9. The van der Waals surface area contributed by atoms with Crippen LogP contribution >= 0.6 is 15.9 Å². The molecule has 0 saturated carbocycles. The number of hydrogen-bond donors (Lipinski definition) is 1. The van der Waals surface area contributed by atoms with Gasteiger partial charge in [0.05, 0.1) is 29.8 Å². The summed E-state index contributed by atoms with van der Waals surface area (Å²) in [5.41, 5.74) is 17.5. The molecule has 0 atom stereocenters. The van der Waals surface area contributed by atoms with Gasteiger partial charge in [-0.1, -0.05) is 51.3 Å². The third-order valence-corrected chi connectivity index (χ3v) is 9.48. The third-order valence-electron chi connectivity index (χ3n) is 8.88. The Morgan fingerprint density at radius 2 is 1.43 bits per heavy atom. The number of esters is 1. The Morgan fingerprint density at radius 3 is 2.05 bits per heavy atom. The number of nitrogens with two attached hydrogens (primary N) is 1. The molecule has 0 radical (unpaired) electrons. The minimum absolute atomic E-state index is 0.0235. The van der Waals surface area contributed by atoms with Gasteiger partial charge in [0.2, 0.25) is 11.8 Å². The molecule has 0 bridgehead atoms. The molecule has 11 nitrogen and oxygen atoms in total. The molecule has 2 N–H and O–H groups in total. The van der Waals surface area contributed by atoms with Crippen molar-refractivity contribution in [3.05, 3.63) is 155 Å². The molecule has 0 aliphatic carbocycles. The van der Waals surface area contributed by atoms with E-state index in [1.807, 2.05) is 92.7 Å². The first kappa shape index (κ1) is 37.6. The van der Waals surface area contributed by atoms with Crippen LogP contribution in [0.5, 0.6) is 0 Å². The van der Waals surface area contributed by atoms with Crippen molar-refractivity contribution in [3.63, 3.8) is 0 Å². The second kappa shape index (κ2) is 16.8. The number of nitrogens with zero attached hydrogens (tertiary/aromatic N) is 5. The Morgan fingerprint density at radius 1 is 0.804 bits per heavy atom. The highest BCUT2D eigenvalue weighted by Crippen LogP contribution is 2.32. The van der Waals surface area contributed by atoms with Crippen LogP contribution in [0, 0.1) is 13.8 Å². The van der Waals surface area contributed by atoms with Crippen LogP contribution in [0.3, 0.4) is 0 Å². The maximum Gasteiger partial charge on any atom is 0.338 e. The minimum Gasteiger partial charge on any atom is -0.462 e. The van der Waals surface area contributed by atoms with Crippen LogP contribution in [0.1, 0.15) is 49.9 Å². The number of hydrogen-bond acceptors (Lipinski definition) is 10. The first-order valence-corrected chi connectivity index (χ1v) is 18.9. The molecule has 1 amide bonds. The van der Waals surface area contributed by atoms with Gasteiger partial charge < -0.3 is 24.2 Å². The summed E-state index contributed by atoms with van der Waals surface area (Å²) in [6.07, 6.45) is 6.86. The van der Waals surface area contributed by atoms with Crippen LogP contribution < -0.4 is 10.6 Å². The molecule has 0 unspecified atom stereocenters. The van der Waals surface area contributed by atoms with E-state index in [1.165, 1.54) is 0 Å². The van der Waals surface area contributed by atoms with Gasteiger partial charge in [-0.15, -0.1) is 0 Å². The largest absolute Gasteiger partial charge is 0.462 e. The fourth-order valence-corrected chi connectivity index (χ4v) is 6.62. The molecule has 0 fully saturated rings. The summed E-state index contributed by atoms with van der Waals surface area (Å²) in [7, 11) is 0. The molecule has 5 heterocycles. The molecule has 8 aromatic rings. The number of carbonyl (C=O) groups is 2. The molecular weight excluding hydrogens is 772 g/mol. The van der Waals surface area contributed by atoms with Crippen LogP contribution in [0.25, 0.3) is 45.1 Å². The summed E-state index contributed by atoms with van der Waals surface area (Å²) >= 11 is 3.35. The molecule has 1 aliphatic heterocycles. The van der Waals surface area contributed by atoms with Gasteiger partial charge in [-0.3, -0.25) is 14.8 Å². The number of alkyl halides is 1. The number of rotatable bonds is 6. The molecule has 4 aromatic carbocycles. The summed E-state index contributed by atoms with van der Waals surface area (Å²) in [6.45, 7) is 6.83. The van der Waals surface area contributed by atoms with Crippen LogP contribution in [0.4, 0.5) is 11.4 Å². The number of aromatic nitrogens is 4. The van der Waals surface area contributed by atoms with Crippen molar-refractivity contribution in [2.75, 3.05) is 17.2 Å². The smallest absolute Gasteiger partial charge is 0.338 e. The lowest BCUT2D eigenvalue weighted by atomic mass is 10.1. The summed E-state index contributed by atoms with van der Waals surface area (Å²) < 4.78 is 16.4. The highest BCUT2D eigenvalue weighted by molar-refractivity contribution is 9.08. The number of amides is 1. The van der Waals surface area contributed by atoms with Crippen LogP contribution in [-0.4, -0.2) is 38.4 Å². The van der Waals surface area contributed by atoms with E-state index in [1.54, 1.807) is 48.7 Å². The second-order valence-electron chi connectivity index (χ2n) is 13.0. The zero-order chi connectivity index (χ0) is 39.2. The highest BCUT2D eigenvalue weighted by Gasteiger charge is 2.29. The lowest BCUT2D eigenvalue weighted by molar-refractivity contribution is 0.0525. The van der Waals surface area contributed by atoms with E-state index in [4.69, 9.17) is 19.3 Å². The van der Waals surface area contributed by atoms with E-state index in [-0.39, 0.29) is 11.9 Å². The van der Waals surface area contributed by atoms with Gasteiger partial charge in [0.25, 0.3) is 5.91 Å².